The molecule has 30 heavy (non-hydrogen) atoms. The Morgan fingerprint density at radius 3 is 2.63 bits per heavy atom. The topological polar surface area (TPSA) is 88.6 Å². The van der Waals surface area contributed by atoms with E-state index < -0.39 is 0 Å². The summed E-state index contributed by atoms with van der Waals surface area (Å²) in [7, 11) is 1.60. The molecule has 0 saturated carbocycles. The maximum absolute atomic E-state index is 12.7. The smallest absolute Gasteiger partial charge is 0.257 e. The van der Waals surface area contributed by atoms with Crippen LogP contribution in [-0.2, 0) is 9.59 Å². The van der Waals surface area contributed by atoms with Crippen molar-refractivity contribution in [3.8, 4) is 17.0 Å². The van der Waals surface area contributed by atoms with E-state index in [2.05, 4.69) is 10.3 Å². The van der Waals surface area contributed by atoms with E-state index in [-0.39, 0.29) is 30.6 Å². The molecule has 0 atom stereocenters. The number of ether oxygens (including phenoxy) is 1. The summed E-state index contributed by atoms with van der Waals surface area (Å²) >= 11 is 1.31. The Balaban J connectivity index is 1.55. The first-order chi connectivity index (χ1) is 14.5. The van der Waals surface area contributed by atoms with E-state index >= 15 is 0 Å². The SMILES string of the molecule is COc1ccc(C)cc1-c1csc(NC(=O)c2cccc(N3C(=O)CCC3=O)c2)n1. The predicted octanol–water partition coefficient (Wildman–Crippen LogP) is 4.03. The molecule has 152 valence electrons. The van der Waals surface area contributed by atoms with Crippen LogP contribution in [0.5, 0.6) is 5.75 Å². The minimum absolute atomic E-state index is 0.194. The van der Waals surface area contributed by atoms with Crippen molar-refractivity contribution >= 4 is 39.9 Å². The molecule has 4 rings (SSSR count). The van der Waals surface area contributed by atoms with E-state index in [0.29, 0.717) is 27.8 Å². The van der Waals surface area contributed by atoms with E-state index in [1.54, 1.807) is 25.3 Å². The van der Waals surface area contributed by atoms with Gasteiger partial charge in [0.2, 0.25) is 11.8 Å². The second-order valence-electron chi connectivity index (χ2n) is 6.87. The number of amides is 3. The zero-order chi connectivity index (χ0) is 21.3. The highest BCUT2D eigenvalue weighted by Gasteiger charge is 2.30. The number of benzene rings is 2. The van der Waals surface area contributed by atoms with Crippen LogP contribution in [0.1, 0.15) is 28.8 Å². The van der Waals surface area contributed by atoms with Crippen molar-refractivity contribution in [1.29, 1.82) is 0 Å². The van der Waals surface area contributed by atoms with Gasteiger partial charge in [0, 0.05) is 29.3 Å². The number of carbonyl (C=O) groups excluding carboxylic acids is 3. The minimum Gasteiger partial charge on any atom is -0.496 e. The molecule has 1 aliphatic heterocycles. The maximum atomic E-state index is 12.7. The lowest BCUT2D eigenvalue weighted by Crippen LogP contribution is -2.28. The van der Waals surface area contributed by atoms with Gasteiger partial charge < -0.3 is 4.74 Å². The van der Waals surface area contributed by atoms with Gasteiger partial charge >= 0.3 is 0 Å². The first-order valence-corrected chi connectivity index (χ1v) is 10.2. The molecule has 0 bridgehead atoms. The van der Waals surface area contributed by atoms with Crippen LogP contribution < -0.4 is 15.0 Å². The Hall–Kier alpha value is -3.52. The van der Waals surface area contributed by atoms with Gasteiger partial charge in [-0.3, -0.25) is 24.6 Å². The van der Waals surface area contributed by atoms with Crippen molar-refractivity contribution in [2.45, 2.75) is 19.8 Å². The van der Waals surface area contributed by atoms with Crippen molar-refractivity contribution in [2.75, 3.05) is 17.3 Å². The van der Waals surface area contributed by atoms with Crippen LogP contribution in [0.15, 0.2) is 47.8 Å². The number of anilines is 2. The van der Waals surface area contributed by atoms with Crippen LogP contribution in [0.25, 0.3) is 11.3 Å². The number of aromatic nitrogens is 1. The number of nitrogens with one attached hydrogen (secondary N) is 1. The first kappa shape index (κ1) is 19.8. The summed E-state index contributed by atoms with van der Waals surface area (Å²) in [4.78, 5) is 42.3. The highest BCUT2D eigenvalue weighted by Crippen LogP contribution is 2.33. The van der Waals surface area contributed by atoms with E-state index in [4.69, 9.17) is 4.74 Å². The highest BCUT2D eigenvalue weighted by atomic mass is 32.1. The Morgan fingerprint density at radius 1 is 1.13 bits per heavy atom. The number of nitrogens with zero attached hydrogens (tertiary/aromatic N) is 2. The molecule has 1 N–H and O–H groups in total. The molecular weight excluding hydrogens is 402 g/mol. The molecule has 1 saturated heterocycles. The molecule has 1 fully saturated rings. The molecule has 2 heterocycles. The summed E-state index contributed by atoms with van der Waals surface area (Å²) in [6.45, 7) is 1.99. The molecule has 8 heteroatoms. The summed E-state index contributed by atoms with van der Waals surface area (Å²) in [6.07, 6.45) is 0.388. The second kappa shape index (κ2) is 8.08. The second-order valence-corrected chi connectivity index (χ2v) is 7.73. The van der Waals surface area contributed by atoms with Gasteiger partial charge in [-0.1, -0.05) is 17.7 Å². The third kappa shape index (κ3) is 3.81. The normalized spacial score (nSPS) is 13.6. The standard InChI is InChI=1S/C22H19N3O4S/c1-13-6-7-18(29-2)16(10-13)17-12-30-22(23-17)24-21(28)14-4-3-5-15(11-14)25-19(26)8-9-20(25)27/h3-7,10-12H,8-9H2,1-2H3,(H,23,24,28). The van der Waals surface area contributed by atoms with Crippen molar-refractivity contribution in [3.63, 3.8) is 0 Å². The summed E-state index contributed by atoms with van der Waals surface area (Å²) < 4.78 is 5.41. The zero-order valence-electron chi connectivity index (χ0n) is 16.5. The fourth-order valence-corrected chi connectivity index (χ4v) is 4.00. The maximum Gasteiger partial charge on any atom is 0.257 e. The van der Waals surface area contributed by atoms with Crippen LogP contribution in [0.4, 0.5) is 10.8 Å². The van der Waals surface area contributed by atoms with E-state index in [0.717, 1.165) is 16.0 Å². The molecule has 3 aromatic rings. The molecule has 2 aromatic carbocycles. The molecule has 0 spiro atoms. The monoisotopic (exact) mass is 421 g/mol. The summed E-state index contributed by atoms with van der Waals surface area (Å²) in [6, 6.07) is 12.3. The molecule has 1 aliphatic rings. The Bertz CT molecular complexity index is 1140. The zero-order valence-corrected chi connectivity index (χ0v) is 17.3. The lowest BCUT2D eigenvalue weighted by molar-refractivity contribution is -0.121. The van der Waals surface area contributed by atoms with Gasteiger partial charge in [-0.15, -0.1) is 11.3 Å². The number of hydrogen-bond acceptors (Lipinski definition) is 6. The number of hydrogen-bond donors (Lipinski definition) is 1. The Kier molecular flexibility index (Phi) is 5.33. The average molecular weight is 421 g/mol. The highest BCUT2D eigenvalue weighted by molar-refractivity contribution is 7.14. The quantitative estimate of drug-likeness (QED) is 0.629. The summed E-state index contributed by atoms with van der Waals surface area (Å²) in [5.41, 5.74) is 3.37. The average Bonchev–Trinajstić information content (AvgIpc) is 3.34. The van der Waals surface area contributed by atoms with E-state index in [9.17, 15) is 14.4 Å². The van der Waals surface area contributed by atoms with Crippen LogP contribution in [0.2, 0.25) is 0 Å². The molecule has 0 radical (unpaired) electrons. The van der Waals surface area contributed by atoms with E-state index in [1.807, 2.05) is 30.5 Å². The lowest BCUT2D eigenvalue weighted by atomic mass is 10.1. The number of rotatable bonds is 5. The third-order valence-electron chi connectivity index (χ3n) is 4.77. The van der Waals surface area contributed by atoms with Crippen LogP contribution >= 0.6 is 11.3 Å². The van der Waals surface area contributed by atoms with Crippen LogP contribution in [0.3, 0.4) is 0 Å². The number of imide groups is 1. The van der Waals surface area contributed by atoms with Gasteiger partial charge in [0.1, 0.15) is 5.75 Å². The largest absolute Gasteiger partial charge is 0.496 e. The summed E-state index contributed by atoms with van der Waals surface area (Å²) in [5, 5.41) is 5.07. The third-order valence-corrected chi connectivity index (χ3v) is 5.53. The van der Waals surface area contributed by atoms with E-state index in [1.165, 1.54) is 17.4 Å². The Morgan fingerprint density at radius 2 is 1.90 bits per heavy atom. The summed E-state index contributed by atoms with van der Waals surface area (Å²) in [5.74, 6) is -0.173. The van der Waals surface area contributed by atoms with Gasteiger partial charge in [-0.05, 0) is 37.3 Å². The molecule has 0 unspecified atom stereocenters. The van der Waals surface area contributed by atoms with Crippen molar-refractivity contribution < 1.29 is 19.1 Å². The molecular formula is C22H19N3O4S. The van der Waals surface area contributed by atoms with Crippen LogP contribution in [-0.4, -0.2) is 29.8 Å². The Labute approximate surface area is 177 Å². The fourth-order valence-electron chi connectivity index (χ4n) is 3.30. The minimum atomic E-state index is -0.368. The molecule has 0 aliphatic carbocycles. The van der Waals surface area contributed by atoms with Gasteiger partial charge in [0.15, 0.2) is 5.13 Å². The number of carbonyl (C=O) groups is 3. The van der Waals surface area contributed by atoms with Gasteiger partial charge in [0.25, 0.3) is 5.91 Å². The van der Waals surface area contributed by atoms with Crippen molar-refractivity contribution in [3.05, 3.63) is 59.0 Å². The lowest BCUT2D eigenvalue weighted by Gasteiger charge is -2.14. The van der Waals surface area contributed by atoms with Gasteiger partial charge in [-0.25, -0.2) is 4.98 Å². The first-order valence-electron chi connectivity index (χ1n) is 9.34. The van der Waals surface area contributed by atoms with Crippen molar-refractivity contribution in [1.82, 2.24) is 4.98 Å². The van der Waals surface area contributed by atoms with Crippen molar-refractivity contribution in [2.24, 2.45) is 0 Å². The van der Waals surface area contributed by atoms with Crippen LogP contribution in [0, 0.1) is 6.92 Å². The van der Waals surface area contributed by atoms with Gasteiger partial charge in [0.05, 0.1) is 18.5 Å². The molecule has 1 aromatic heterocycles. The molecule has 3 amide bonds. The number of methoxy groups -OCH3 is 1. The number of thiazole rings is 1. The predicted molar refractivity (Wildman–Crippen MR) is 115 cm³/mol. The number of aryl methyl sites for hydroxylation is 1. The van der Waals surface area contributed by atoms with Gasteiger partial charge in [-0.2, -0.15) is 0 Å². The molecule has 7 nitrogen and oxygen atoms in total. The fraction of sp³-hybridized carbons (Fsp3) is 0.182.